The predicted molar refractivity (Wildman–Crippen MR) is 77.6 cm³/mol. The van der Waals surface area contributed by atoms with E-state index in [-0.39, 0.29) is 11.8 Å². The number of rotatable bonds is 2. The molecule has 2 heterocycles. The fourth-order valence-electron chi connectivity index (χ4n) is 3.69. The van der Waals surface area contributed by atoms with Gasteiger partial charge in [-0.25, -0.2) is 0 Å². The number of fused-ring (bicyclic) bond motifs is 2. The molecule has 0 aliphatic carbocycles. The number of piperidine rings is 2. The summed E-state index contributed by atoms with van der Waals surface area (Å²) in [7, 11) is 2.17. The third-order valence-corrected chi connectivity index (χ3v) is 4.90. The van der Waals surface area contributed by atoms with E-state index in [0.29, 0.717) is 17.8 Å². The van der Waals surface area contributed by atoms with Crippen LogP contribution in [0.5, 0.6) is 0 Å². The lowest BCUT2D eigenvalue weighted by Crippen LogP contribution is -2.52. The Balaban J connectivity index is 1.72. The van der Waals surface area contributed by atoms with Gasteiger partial charge in [0.05, 0.1) is 5.69 Å². The van der Waals surface area contributed by atoms with Gasteiger partial charge in [0.1, 0.15) is 0 Å². The highest BCUT2D eigenvalue weighted by Gasteiger charge is 2.40. The number of hydroxylamine groups is 1. The molecule has 2 unspecified atom stereocenters. The molecule has 0 radical (unpaired) electrons. The van der Waals surface area contributed by atoms with Crippen LogP contribution in [0.4, 0.5) is 5.69 Å². The van der Waals surface area contributed by atoms with E-state index in [0.717, 1.165) is 17.9 Å². The van der Waals surface area contributed by atoms with E-state index in [9.17, 15) is 10.0 Å². The van der Waals surface area contributed by atoms with Crippen LogP contribution in [0.2, 0.25) is 0 Å². The first kappa shape index (κ1) is 13.6. The smallest absolute Gasteiger partial charge is 0.253 e. The van der Waals surface area contributed by atoms with Crippen LogP contribution >= 0.6 is 0 Å². The van der Waals surface area contributed by atoms with Gasteiger partial charge in [-0.3, -0.25) is 10.0 Å². The zero-order valence-electron chi connectivity index (χ0n) is 11.9. The largest absolute Gasteiger partial charge is 0.300 e. The van der Waals surface area contributed by atoms with Crippen molar-refractivity contribution in [3.63, 3.8) is 0 Å². The Labute approximate surface area is 119 Å². The molecule has 1 aromatic rings. The molecule has 2 fully saturated rings. The third-order valence-electron chi connectivity index (χ3n) is 4.90. The van der Waals surface area contributed by atoms with Gasteiger partial charge in [0, 0.05) is 18.0 Å². The SMILES string of the molecule is CN1C2CCCC1CC(C(=O)N(O)c1ccccc1)C2. The molecule has 2 saturated heterocycles. The predicted octanol–water partition coefficient (Wildman–Crippen LogP) is 2.67. The molecule has 1 amide bonds. The fraction of sp³-hybridized carbons (Fsp3) is 0.562. The highest BCUT2D eigenvalue weighted by atomic mass is 16.5. The Morgan fingerprint density at radius 3 is 2.40 bits per heavy atom. The summed E-state index contributed by atoms with van der Waals surface area (Å²) >= 11 is 0. The van der Waals surface area contributed by atoms with E-state index in [1.54, 1.807) is 12.1 Å². The van der Waals surface area contributed by atoms with Gasteiger partial charge in [-0.15, -0.1) is 0 Å². The van der Waals surface area contributed by atoms with E-state index in [1.165, 1.54) is 19.3 Å². The van der Waals surface area contributed by atoms with Crippen LogP contribution in [0.1, 0.15) is 32.1 Å². The summed E-state index contributed by atoms with van der Waals surface area (Å²) in [6, 6.07) is 10.1. The molecule has 0 spiro atoms. The summed E-state index contributed by atoms with van der Waals surface area (Å²) in [4.78, 5) is 14.9. The first-order valence-corrected chi connectivity index (χ1v) is 7.46. The molecule has 1 aromatic carbocycles. The molecule has 0 saturated carbocycles. The van der Waals surface area contributed by atoms with Crippen LogP contribution in [-0.2, 0) is 4.79 Å². The number of benzene rings is 1. The van der Waals surface area contributed by atoms with Crippen LogP contribution in [-0.4, -0.2) is 35.1 Å². The van der Waals surface area contributed by atoms with Crippen LogP contribution in [0.15, 0.2) is 30.3 Å². The lowest BCUT2D eigenvalue weighted by Gasteiger charge is -2.46. The number of nitrogens with zero attached hydrogens (tertiary/aromatic N) is 2. The van der Waals surface area contributed by atoms with Gasteiger partial charge >= 0.3 is 0 Å². The van der Waals surface area contributed by atoms with Crippen molar-refractivity contribution in [3.05, 3.63) is 30.3 Å². The van der Waals surface area contributed by atoms with Crippen molar-refractivity contribution in [2.75, 3.05) is 12.1 Å². The first-order valence-electron chi connectivity index (χ1n) is 7.46. The second kappa shape index (κ2) is 5.54. The molecule has 0 aromatic heterocycles. The van der Waals surface area contributed by atoms with Crippen LogP contribution in [0.25, 0.3) is 0 Å². The van der Waals surface area contributed by atoms with Gasteiger partial charge in [0.25, 0.3) is 5.91 Å². The maximum atomic E-state index is 12.5. The molecule has 108 valence electrons. The summed E-state index contributed by atoms with van der Waals surface area (Å²) in [6.45, 7) is 0. The zero-order valence-corrected chi connectivity index (χ0v) is 11.9. The van der Waals surface area contributed by atoms with Gasteiger partial charge in [0.15, 0.2) is 0 Å². The number of carbonyl (C=O) groups excluding carboxylic acids is 1. The Bertz CT molecular complexity index is 463. The first-order chi connectivity index (χ1) is 9.66. The Morgan fingerprint density at radius 1 is 1.20 bits per heavy atom. The molecular weight excluding hydrogens is 252 g/mol. The monoisotopic (exact) mass is 274 g/mol. The third kappa shape index (κ3) is 2.45. The molecule has 2 aliphatic heterocycles. The zero-order chi connectivity index (χ0) is 14.1. The fourth-order valence-corrected chi connectivity index (χ4v) is 3.69. The molecule has 4 nitrogen and oxygen atoms in total. The molecule has 2 aliphatic rings. The average molecular weight is 274 g/mol. The Kier molecular flexibility index (Phi) is 3.76. The highest BCUT2D eigenvalue weighted by molar-refractivity contribution is 5.92. The minimum Gasteiger partial charge on any atom is -0.300 e. The lowest BCUT2D eigenvalue weighted by atomic mass is 9.78. The quantitative estimate of drug-likeness (QED) is 0.666. The maximum absolute atomic E-state index is 12.5. The van der Waals surface area contributed by atoms with E-state index >= 15 is 0 Å². The number of anilines is 1. The summed E-state index contributed by atoms with van der Waals surface area (Å²) in [5.74, 6) is -0.201. The van der Waals surface area contributed by atoms with Crippen molar-refractivity contribution < 1.29 is 10.0 Å². The van der Waals surface area contributed by atoms with Crippen molar-refractivity contribution in [3.8, 4) is 0 Å². The van der Waals surface area contributed by atoms with E-state index in [1.807, 2.05) is 18.2 Å². The minimum atomic E-state index is -0.152. The number of para-hydroxylation sites is 1. The van der Waals surface area contributed by atoms with Gasteiger partial charge in [-0.05, 0) is 44.9 Å². The summed E-state index contributed by atoms with van der Waals surface area (Å²) in [5.41, 5.74) is 0.557. The molecule has 20 heavy (non-hydrogen) atoms. The summed E-state index contributed by atoms with van der Waals surface area (Å²) in [6.07, 6.45) is 5.36. The summed E-state index contributed by atoms with van der Waals surface area (Å²) in [5, 5.41) is 11.0. The second-order valence-corrected chi connectivity index (χ2v) is 6.06. The van der Waals surface area contributed by atoms with Crippen LogP contribution in [0, 0.1) is 5.92 Å². The van der Waals surface area contributed by atoms with E-state index < -0.39 is 0 Å². The summed E-state index contributed by atoms with van der Waals surface area (Å²) < 4.78 is 0. The topological polar surface area (TPSA) is 43.8 Å². The van der Waals surface area contributed by atoms with Crippen molar-refractivity contribution >= 4 is 11.6 Å². The standard InChI is InChI=1S/C16H22N2O2/c1-17-14-8-5-9-15(17)11-12(10-14)16(19)18(20)13-6-3-2-4-7-13/h2-4,6-7,12,14-15,20H,5,8-11H2,1H3. The molecule has 3 rings (SSSR count). The minimum absolute atomic E-state index is 0.0493. The van der Waals surface area contributed by atoms with E-state index in [4.69, 9.17) is 0 Å². The Hall–Kier alpha value is -1.39. The van der Waals surface area contributed by atoms with Gasteiger partial charge in [0.2, 0.25) is 0 Å². The molecule has 2 atom stereocenters. The van der Waals surface area contributed by atoms with Crippen molar-refractivity contribution in [2.45, 2.75) is 44.2 Å². The number of carbonyl (C=O) groups is 1. The van der Waals surface area contributed by atoms with Crippen molar-refractivity contribution in [1.82, 2.24) is 4.90 Å². The number of hydrogen-bond donors (Lipinski definition) is 1. The van der Waals surface area contributed by atoms with Gasteiger partial charge in [-0.1, -0.05) is 24.6 Å². The average Bonchev–Trinajstić information content (AvgIpc) is 2.46. The maximum Gasteiger partial charge on any atom is 0.253 e. The molecule has 2 bridgehead atoms. The normalized spacial score (nSPS) is 30.0. The van der Waals surface area contributed by atoms with Gasteiger partial charge < -0.3 is 4.90 Å². The van der Waals surface area contributed by atoms with Gasteiger partial charge in [-0.2, -0.15) is 5.06 Å². The van der Waals surface area contributed by atoms with Crippen molar-refractivity contribution in [2.24, 2.45) is 5.92 Å². The molecule has 1 N–H and O–H groups in total. The molecule has 4 heteroatoms. The number of amides is 1. The van der Waals surface area contributed by atoms with Crippen LogP contribution in [0.3, 0.4) is 0 Å². The van der Waals surface area contributed by atoms with Crippen LogP contribution < -0.4 is 5.06 Å². The Morgan fingerprint density at radius 2 is 1.80 bits per heavy atom. The van der Waals surface area contributed by atoms with E-state index in [2.05, 4.69) is 11.9 Å². The highest BCUT2D eigenvalue weighted by Crippen LogP contribution is 2.36. The number of hydrogen-bond acceptors (Lipinski definition) is 3. The molecular formula is C16H22N2O2. The lowest BCUT2D eigenvalue weighted by molar-refractivity contribution is -0.131. The second-order valence-electron chi connectivity index (χ2n) is 6.06. The van der Waals surface area contributed by atoms with Crippen molar-refractivity contribution in [1.29, 1.82) is 0 Å².